The fourth-order valence-corrected chi connectivity index (χ4v) is 2.86. The summed E-state index contributed by atoms with van der Waals surface area (Å²) < 4.78 is 4.98. The van der Waals surface area contributed by atoms with Gasteiger partial charge >= 0.3 is 5.97 Å². The molecule has 0 saturated carbocycles. The van der Waals surface area contributed by atoms with Crippen molar-refractivity contribution in [3.8, 4) is 0 Å². The lowest BCUT2D eigenvalue weighted by atomic mass is 10.1. The Kier molecular flexibility index (Phi) is 8.22. The number of ether oxygens (including phenoxy) is 1. The molecule has 0 spiro atoms. The third kappa shape index (κ3) is 6.23. The number of nitrogens with zero attached hydrogens (tertiary/aromatic N) is 1. The van der Waals surface area contributed by atoms with E-state index < -0.39 is 23.3 Å². The molecule has 2 aromatic rings. The smallest absolute Gasteiger partial charge is 0.345 e. The van der Waals surface area contributed by atoms with Crippen LogP contribution < -0.4 is 5.32 Å². The van der Waals surface area contributed by atoms with Gasteiger partial charge in [-0.25, -0.2) is 4.79 Å². The van der Waals surface area contributed by atoms with Gasteiger partial charge in [-0.1, -0.05) is 31.9 Å². The van der Waals surface area contributed by atoms with E-state index in [1.165, 1.54) is 37.3 Å². The molecule has 2 rings (SSSR count). The van der Waals surface area contributed by atoms with Gasteiger partial charge < -0.3 is 10.1 Å². The minimum absolute atomic E-state index is 0.0868. The summed E-state index contributed by atoms with van der Waals surface area (Å²) in [5.74, 6) is -1.48. The SMILES string of the molecule is CCCCCC(=O)Nc1ccc(C(=O)COC(=O)c2cccc(C)c2[N+](=O)[O-])cc1. The van der Waals surface area contributed by atoms with Gasteiger partial charge in [0.15, 0.2) is 12.4 Å². The number of unbranched alkanes of at least 4 members (excludes halogenated alkanes) is 2. The van der Waals surface area contributed by atoms with Crippen LogP contribution >= 0.6 is 0 Å². The molecule has 0 aromatic heterocycles. The number of amides is 1. The quantitative estimate of drug-likeness (QED) is 0.202. The molecular formula is C22H24N2O6. The number of benzene rings is 2. The number of Topliss-reactive ketones (excluding diaryl/α,β-unsaturated/α-hetero) is 1. The van der Waals surface area contributed by atoms with Gasteiger partial charge in [0.1, 0.15) is 5.56 Å². The summed E-state index contributed by atoms with van der Waals surface area (Å²) in [7, 11) is 0. The van der Waals surface area contributed by atoms with Crippen molar-refractivity contribution in [3.63, 3.8) is 0 Å². The zero-order chi connectivity index (χ0) is 22.1. The van der Waals surface area contributed by atoms with Crippen LogP contribution in [0.5, 0.6) is 0 Å². The standard InChI is InChI=1S/C22H24N2O6/c1-3-4-5-9-20(26)23-17-12-10-16(11-13-17)19(25)14-30-22(27)18-8-6-7-15(2)21(18)24(28)29/h6-8,10-13H,3-5,9,14H2,1-2H3,(H,23,26). The maximum absolute atomic E-state index is 12.3. The Hall–Kier alpha value is -3.55. The molecule has 8 nitrogen and oxygen atoms in total. The molecule has 0 atom stereocenters. The van der Waals surface area contributed by atoms with E-state index in [4.69, 9.17) is 4.74 Å². The number of rotatable bonds is 10. The van der Waals surface area contributed by atoms with Crippen molar-refractivity contribution in [1.29, 1.82) is 0 Å². The van der Waals surface area contributed by atoms with Gasteiger partial charge in [0.05, 0.1) is 4.92 Å². The average Bonchev–Trinajstić information content (AvgIpc) is 2.72. The molecule has 0 saturated heterocycles. The number of ketones is 1. The number of nitro benzene ring substituents is 1. The predicted octanol–water partition coefficient (Wildman–Crippen LogP) is 4.46. The van der Waals surface area contributed by atoms with Gasteiger partial charge in [-0.05, 0) is 43.7 Å². The number of nitro groups is 1. The molecule has 1 N–H and O–H groups in total. The van der Waals surface area contributed by atoms with E-state index in [0.29, 0.717) is 23.2 Å². The minimum Gasteiger partial charge on any atom is -0.454 e. The Morgan fingerprint density at radius 2 is 1.77 bits per heavy atom. The summed E-state index contributed by atoms with van der Waals surface area (Å²) in [5.41, 5.74) is 0.655. The Bertz CT molecular complexity index is 937. The molecule has 0 aliphatic carbocycles. The van der Waals surface area contributed by atoms with Crippen LogP contribution in [0, 0.1) is 17.0 Å². The lowest BCUT2D eigenvalue weighted by Gasteiger charge is -2.08. The van der Waals surface area contributed by atoms with E-state index in [1.54, 1.807) is 12.1 Å². The largest absolute Gasteiger partial charge is 0.454 e. The van der Waals surface area contributed by atoms with Crippen LogP contribution in [0.15, 0.2) is 42.5 Å². The van der Waals surface area contributed by atoms with E-state index in [9.17, 15) is 24.5 Å². The molecule has 30 heavy (non-hydrogen) atoms. The third-order valence-electron chi connectivity index (χ3n) is 4.47. The van der Waals surface area contributed by atoms with E-state index >= 15 is 0 Å². The van der Waals surface area contributed by atoms with Crippen molar-refractivity contribution in [2.75, 3.05) is 11.9 Å². The second kappa shape index (κ2) is 10.8. The molecule has 0 aliphatic rings. The van der Waals surface area contributed by atoms with Crippen molar-refractivity contribution in [1.82, 2.24) is 0 Å². The fraction of sp³-hybridized carbons (Fsp3) is 0.318. The molecule has 0 aliphatic heterocycles. The van der Waals surface area contributed by atoms with Crippen LogP contribution in [0.2, 0.25) is 0 Å². The van der Waals surface area contributed by atoms with Crippen molar-refractivity contribution < 1.29 is 24.0 Å². The fourth-order valence-electron chi connectivity index (χ4n) is 2.86. The van der Waals surface area contributed by atoms with Gasteiger partial charge in [-0.3, -0.25) is 19.7 Å². The van der Waals surface area contributed by atoms with Crippen LogP contribution in [0.1, 0.15) is 58.9 Å². The molecule has 8 heteroatoms. The minimum atomic E-state index is -0.935. The Balaban J connectivity index is 1.94. The molecular weight excluding hydrogens is 388 g/mol. The number of hydrogen-bond donors (Lipinski definition) is 1. The topological polar surface area (TPSA) is 116 Å². The number of anilines is 1. The molecule has 0 unspecified atom stereocenters. The first-order valence-corrected chi connectivity index (χ1v) is 9.67. The zero-order valence-electron chi connectivity index (χ0n) is 17.0. The summed E-state index contributed by atoms with van der Waals surface area (Å²) in [4.78, 5) is 46.9. The number of esters is 1. The van der Waals surface area contributed by atoms with Crippen molar-refractivity contribution >= 4 is 29.0 Å². The third-order valence-corrected chi connectivity index (χ3v) is 4.47. The first-order valence-electron chi connectivity index (χ1n) is 9.67. The maximum Gasteiger partial charge on any atom is 0.345 e. The molecule has 2 aromatic carbocycles. The monoisotopic (exact) mass is 412 g/mol. The summed E-state index contributed by atoms with van der Waals surface area (Å²) in [6, 6.07) is 10.5. The zero-order valence-corrected chi connectivity index (χ0v) is 17.0. The summed E-state index contributed by atoms with van der Waals surface area (Å²) >= 11 is 0. The number of carbonyl (C=O) groups excluding carboxylic acids is 3. The number of hydrogen-bond acceptors (Lipinski definition) is 6. The molecule has 158 valence electrons. The summed E-state index contributed by atoms with van der Waals surface area (Å²) in [6.07, 6.45) is 3.29. The maximum atomic E-state index is 12.3. The van der Waals surface area contributed by atoms with Crippen molar-refractivity contribution in [2.24, 2.45) is 0 Å². The van der Waals surface area contributed by atoms with Crippen molar-refractivity contribution in [3.05, 3.63) is 69.3 Å². The number of aryl methyl sites for hydroxylation is 1. The Morgan fingerprint density at radius 1 is 1.07 bits per heavy atom. The highest BCUT2D eigenvalue weighted by Crippen LogP contribution is 2.23. The average molecular weight is 412 g/mol. The highest BCUT2D eigenvalue weighted by molar-refractivity contribution is 6.01. The highest BCUT2D eigenvalue weighted by atomic mass is 16.6. The predicted molar refractivity (Wildman–Crippen MR) is 112 cm³/mol. The van der Waals surface area contributed by atoms with Gasteiger partial charge in [-0.2, -0.15) is 0 Å². The van der Waals surface area contributed by atoms with Gasteiger partial charge in [0.2, 0.25) is 5.91 Å². The van der Waals surface area contributed by atoms with Crippen LogP contribution in [-0.4, -0.2) is 29.2 Å². The second-order valence-corrected chi connectivity index (χ2v) is 6.81. The number of nitrogens with one attached hydrogen (secondary N) is 1. The molecule has 0 radical (unpaired) electrons. The van der Waals surface area contributed by atoms with E-state index in [2.05, 4.69) is 12.2 Å². The lowest BCUT2D eigenvalue weighted by Crippen LogP contribution is -2.16. The van der Waals surface area contributed by atoms with E-state index in [1.807, 2.05) is 0 Å². The molecule has 0 bridgehead atoms. The Labute approximate surface area is 174 Å². The van der Waals surface area contributed by atoms with Gasteiger partial charge in [0.25, 0.3) is 5.69 Å². The first-order chi connectivity index (χ1) is 14.3. The normalized spacial score (nSPS) is 10.3. The lowest BCUT2D eigenvalue weighted by molar-refractivity contribution is -0.385. The van der Waals surface area contributed by atoms with Crippen LogP contribution in [0.25, 0.3) is 0 Å². The van der Waals surface area contributed by atoms with E-state index in [-0.39, 0.29) is 17.2 Å². The number of para-hydroxylation sites is 1. The van der Waals surface area contributed by atoms with Gasteiger partial charge in [-0.15, -0.1) is 0 Å². The van der Waals surface area contributed by atoms with Crippen LogP contribution in [0.4, 0.5) is 11.4 Å². The van der Waals surface area contributed by atoms with E-state index in [0.717, 1.165) is 19.3 Å². The van der Waals surface area contributed by atoms with Crippen molar-refractivity contribution in [2.45, 2.75) is 39.5 Å². The van der Waals surface area contributed by atoms with Crippen LogP contribution in [0.3, 0.4) is 0 Å². The molecule has 1 amide bonds. The second-order valence-electron chi connectivity index (χ2n) is 6.81. The van der Waals surface area contributed by atoms with Crippen LogP contribution in [-0.2, 0) is 9.53 Å². The van der Waals surface area contributed by atoms with Gasteiger partial charge in [0, 0.05) is 23.2 Å². The summed E-state index contributed by atoms with van der Waals surface area (Å²) in [6.45, 7) is 3.03. The number of carbonyl (C=O) groups is 3. The Morgan fingerprint density at radius 3 is 2.40 bits per heavy atom. The first kappa shape index (κ1) is 22.7. The summed E-state index contributed by atoms with van der Waals surface area (Å²) in [5, 5.41) is 14.0. The molecule has 0 heterocycles. The molecule has 0 fully saturated rings. The highest BCUT2D eigenvalue weighted by Gasteiger charge is 2.24.